The summed E-state index contributed by atoms with van der Waals surface area (Å²) >= 11 is 10.4. The number of halogens is 10. The molecule has 110 valence electrons. The molecule has 0 aliphatic heterocycles. The minimum Gasteiger partial charge on any atom is -0.206 e. The lowest BCUT2D eigenvalue weighted by atomic mass is 10.1. The van der Waals surface area contributed by atoms with Crippen molar-refractivity contribution in [2.75, 3.05) is 0 Å². The number of benzene rings is 1. The summed E-state index contributed by atoms with van der Waals surface area (Å²) in [5.41, 5.74) is -5.77. The first-order valence-electron chi connectivity index (χ1n) is 4.64. The fourth-order valence-electron chi connectivity index (χ4n) is 1.82. The van der Waals surface area contributed by atoms with Crippen molar-refractivity contribution in [1.29, 1.82) is 0 Å². The second-order valence-electron chi connectivity index (χ2n) is 3.77. The Hall–Kier alpha value is -1.02. The lowest BCUT2D eigenvalue weighted by molar-refractivity contribution is -0.0945. The highest BCUT2D eigenvalue weighted by molar-refractivity contribution is 6.51. The molecule has 0 bridgehead atoms. The Bertz CT molecular complexity index is 644. The van der Waals surface area contributed by atoms with Gasteiger partial charge >= 0.3 is 6.18 Å². The zero-order chi connectivity index (χ0) is 15.6. The second-order valence-corrected chi connectivity index (χ2v) is 5.09. The Morgan fingerprint density at radius 3 is 1.65 bits per heavy atom. The van der Waals surface area contributed by atoms with Crippen LogP contribution in [0.1, 0.15) is 11.1 Å². The van der Waals surface area contributed by atoms with Crippen molar-refractivity contribution in [1.82, 2.24) is 0 Å². The van der Waals surface area contributed by atoms with E-state index in [1.165, 1.54) is 0 Å². The maximum Gasteiger partial charge on any atom is 0.418 e. The third-order valence-corrected chi connectivity index (χ3v) is 3.37. The van der Waals surface area contributed by atoms with Gasteiger partial charge in [0.15, 0.2) is 27.6 Å². The first-order chi connectivity index (χ1) is 8.92. The zero-order valence-corrected chi connectivity index (χ0v) is 10.3. The average molecular weight is 343 g/mol. The van der Waals surface area contributed by atoms with Gasteiger partial charge < -0.3 is 0 Å². The van der Waals surface area contributed by atoms with E-state index in [1.54, 1.807) is 0 Å². The van der Waals surface area contributed by atoms with Crippen LogP contribution in [0.3, 0.4) is 0 Å². The van der Waals surface area contributed by atoms with E-state index in [-0.39, 0.29) is 0 Å². The topological polar surface area (TPSA) is 0 Å². The SMILES string of the molecule is FC1=C(C(F)(F)F)C(Cl)(Cl)c2c(F)c(F)c(F)c(F)c21. The Morgan fingerprint density at radius 1 is 0.750 bits per heavy atom. The van der Waals surface area contributed by atoms with Crippen molar-refractivity contribution in [3.8, 4) is 0 Å². The van der Waals surface area contributed by atoms with Crippen LogP contribution in [0.25, 0.3) is 5.83 Å². The molecule has 1 aromatic rings. The molecule has 0 unspecified atom stereocenters. The van der Waals surface area contributed by atoms with Crippen molar-refractivity contribution < 1.29 is 35.1 Å². The predicted octanol–water partition coefficient (Wildman–Crippen LogP) is 5.13. The van der Waals surface area contributed by atoms with E-state index < -0.39 is 56.3 Å². The van der Waals surface area contributed by atoms with Crippen LogP contribution in [0.5, 0.6) is 0 Å². The maximum absolute atomic E-state index is 13.6. The van der Waals surface area contributed by atoms with Gasteiger partial charge in [0.25, 0.3) is 0 Å². The van der Waals surface area contributed by atoms with Crippen LogP contribution in [0, 0.1) is 23.3 Å². The summed E-state index contributed by atoms with van der Waals surface area (Å²) < 4.78 is 101. The van der Waals surface area contributed by atoms with E-state index in [0.717, 1.165) is 0 Å². The van der Waals surface area contributed by atoms with Gasteiger partial charge in [0.1, 0.15) is 11.4 Å². The summed E-state index contributed by atoms with van der Waals surface area (Å²) in [5, 5.41) is 0. The molecule has 0 aromatic heterocycles. The maximum atomic E-state index is 13.6. The van der Waals surface area contributed by atoms with Gasteiger partial charge in [0.05, 0.1) is 5.56 Å². The largest absolute Gasteiger partial charge is 0.418 e. The molecule has 0 spiro atoms. The number of allylic oxidation sites excluding steroid dienone is 1. The Balaban J connectivity index is 2.95. The summed E-state index contributed by atoms with van der Waals surface area (Å²) in [4.78, 5) is 0. The van der Waals surface area contributed by atoms with Gasteiger partial charge in [-0.25, -0.2) is 22.0 Å². The standard InChI is InChI=1S/C10Cl2F8/c11-9(12)2-1(4(14)8(9)10(18,19)20)3(13)6(16)7(17)5(2)15. The van der Waals surface area contributed by atoms with Crippen LogP contribution >= 0.6 is 23.2 Å². The van der Waals surface area contributed by atoms with E-state index in [1.807, 2.05) is 0 Å². The summed E-state index contributed by atoms with van der Waals surface area (Å²) in [6, 6.07) is 0. The molecule has 1 aliphatic carbocycles. The van der Waals surface area contributed by atoms with Crippen LogP contribution in [0.15, 0.2) is 5.57 Å². The lowest BCUT2D eigenvalue weighted by Gasteiger charge is -2.21. The fraction of sp³-hybridized carbons (Fsp3) is 0.200. The molecule has 0 fully saturated rings. The number of hydrogen-bond donors (Lipinski definition) is 0. The molecule has 10 heteroatoms. The van der Waals surface area contributed by atoms with Crippen molar-refractivity contribution in [2.24, 2.45) is 0 Å². The van der Waals surface area contributed by atoms with E-state index in [4.69, 9.17) is 23.2 Å². The lowest BCUT2D eigenvalue weighted by Crippen LogP contribution is -2.25. The van der Waals surface area contributed by atoms with Crippen LogP contribution < -0.4 is 0 Å². The fourth-order valence-corrected chi connectivity index (χ4v) is 2.56. The smallest absolute Gasteiger partial charge is 0.206 e. The van der Waals surface area contributed by atoms with Gasteiger partial charge in [-0.2, -0.15) is 13.2 Å². The highest BCUT2D eigenvalue weighted by Gasteiger charge is 2.58. The van der Waals surface area contributed by atoms with Crippen LogP contribution in [-0.4, -0.2) is 6.18 Å². The van der Waals surface area contributed by atoms with Crippen molar-refractivity contribution >= 4 is 29.0 Å². The van der Waals surface area contributed by atoms with Gasteiger partial charge in [-0.3, -0.25) is 0 Å². The molecule has 0 amide bonds. The van der Waals surface area contributed by atoms with E-state index in [0.29, 0.717) is 0 Å². The molecule has 0 nitrogen and oxygen atoms in total. The molecule has 0 saturated carbocycles. The molecule has 0 N–H and O–H groups in total. The third kappa shape index (κ3) is 1.81. The van der Waals surface area contributed by atoms with Crippen LogP contribution in [0.2, 0.25) is 0 Å². The molecule has 0 atom stereocenters. The van der Waals surface area contributed by atoms with E-state index in [9.17, 15) is 35.1 Å². The van der Waals surface area contributed by atoms with Crippen LogP contribution in [0.4, 0.5) is 35.1 Å². The molecule has 2 rings (SSSR count). The minimum atomic E-state index is -5.50. The van der Waals surface area contributed by atoms with Crippen molar-refractivity contribution in [2.45, 2.75) is 10.5 Å². The number of alkyl halides is 5. The predicted molar refractivity (Wildman–Crippen MR) is 53.7 cm³/mol. The van der Waals surface area contributed by atoms with Gasteiger partial charge in [-0.15, -0.1) is 0 Å². The average Bonchev–Trinajstić information content (AvgIpc) is 2.49. The minimum absolute atomic E-state index is 1.65. The highest BCUT2D eigenvalue weighted by Crippen LogP contribution is 2.59. The molecule has 20 heavy (non-hydrogen) atoms. The third-order valence-electron chi connectivity index (χ3n) is 2.62. The van der Waals surface area contributed by atoms with E-state index >= 15 is 0 Å². The summed E-state index contributed by atoms with van der Waals surface area (Å²) in [6.07, 6.45) is -5.50. The number of fused-ring (bicyclic) bond motifs is 1. The van der Waals surface area contributed by atoms with Gasteiger partial charge in [0, 0.05) is 5.56 Å². The molecular weight excluding hydrogens is 343 g/mol. The van der Waals surface area contributed by atoms with Gasteiger partial charge in [-0.05, 0) is 0 Å². The highest BCUT2D eigenvalue weighted by atomic mass is 35.5. The van der Waals surface area contributed by atoms with Crippen molar-refractivity contribution in [3.05, 3.63) is 40.0 Å². The van der Waals surface area contributed by atoms with Gasteiger partial charge in [-0.1, -0.05) is 23.2 Å². The summed E-state index contributed by atoms with van der Waals surface area (Å²) in [5.74, 6) is -11.9. The second kappa shape index (κ2) is 4.24. The summed E-state index contributed by atoms with van der Waals surface area (Å²) in [6.45, 7) is 0. The first kappa shape index (κ1) is 15.4. The Labute approximate surface area is 115 Å². The summed E-state index contributed by atoms with van der Waals surface area (Å²) in [7, 11) is 0. The van der Waals surface area contributed by atoms with E-state index in [2.05, 4.69) is 0 Å². The quantitative estimate of drug-likeness (QED) is 0.265. The zero-order valence-electron chi connectivity index (χ0n) is 8.78. The Kier molecular flexibility index (Phi) is 3.26. The molecule has 0 heterocycles. The molecular formula is C10Cl2F8. The monoisotopic (exact) mass is 342 g/mol. The van der Waals surface area contributed by atoms with Gasteiger partial charge in [0.2, 0.25) is 0 Å². The number of rotatable bonds is 0. The molecule has 1 aromatic carbocycles. The van der Waals surface area contributed by atoms with Crippen molar-refractivity contribution in [3.63, 3.8) is 0 Å². The first-order valence-corrected chi connectivity index (χ1v) is 5.40. The molecule has 0 radical (unpaired) electrons. The normalized spacial score (nSPS) is 17.7. The number of hydrogen-bond acceptors (Lipinski definition) is 0. The Morgan fingerprint density at radius 2 is 1.20 bits per heavy atom. The van der Waals surface area contributed by atoms with Crippen LogP contribution in [-0.2, 0) is 4.33 Å². The molecule has 0 saturated heterocycles. The molecule has 1 aliphatic rings.